The van der Waals surface area contributed by atoms with Gasteiger partial charge in [0.05, 0.1) is 10.7 Å². The number of anilines is 1. The first-order valence-electron chi connectivity index (χ1n) is 6.67. The number of hydrogen-bond acceptors (Lipinski definition) is 2. The summed E-state index contributed by atoms with van der Waals surface area (Å²) in [5.41, 5.74) is 1.20. The molecule has 0 aliphatic rings. The first-order chi connectivity index (χ1) is 9.70. The molecule has 0 saturated carbocycles. The Bertz CT molecular complexity index is 557. The maximum absolute atomic E-state index is 12.4. The molecule has 0 bridgehead atoms. The van der Waals surface area contributed by atoms with Gasteiger partial charge in [0, 0.05) is 6.54 Å². The zero-order chi connectivity index (χ0) is 16.2. The summed E-state index contributed by atoms with van der Waals surface area (Å²) in [7, 11) is 0. The normalized spacial score (nSPS) is 10.9. The van der Waals surface area contributed by atoms with Crippen LogP contribution in [0.5, 0.6) is 0 Å². The van der Waals surface area contributed by atoms with Gasteiger partial charge in [0.25, 0.3) is 0 Å². The molecule has 0 unspecified atom stereocenters. The van der Waals surface area contributed by atoms with Crippen LogP contribution in [0.3, 0.4) is 0 Å². The topological polar surface area (TPSA) is 58.2 Å². The van der Waals surface area contributed by atoms with Gasteiger partial charge in [0.1, 0.15) is 5.41 Å². The quantitative estimate of drug-likeness (QED) is 0.648. The first-order valence-corrected chi connectivity index (χ1v) is 7.05. The molecule has 4 nitrogen and oxygen atoms in total. The maximum Gasteiger partial charge on any atom is 0.239 e. The number of carbonyl (C=O) groups excluding carboxylic acids is 2. The molecule has 0 aliphatic carbocycles. The molecule has 114 valence electrons. The van der Waals surface area contributed by atoms with Crippen LogP contribution in [-0.2, 0) is 9.59 Å². The molecule has 0 spiro atoms. The van der Waals surface area contributed by atoms with Crippen LogP contribution in [0, 0.1) is 19.3 Å². The Morgan fingerprint density at radius 2 is 1.90 bits per heavy atom. The van der Waals surface area contributed by atoms with Gasteiger partial charge in [-0.1, -0.05) is 23.7 Å². The molecule has 5 heteroatoms. The third kappa shape index (κ3) is 4.08. The predicted octanol–water partition coefficient (Wildman–Crippen LogP) is 3.22. The van der Waals surface area contributed by atoms with E-state index in [2.05, 4.69) is 17.2 Å². The number of hydrogen-bond donors (Lipinski definition) is 2. The number of aryl methyl sites for hydroxylation is 2. The standard InChI is InChI=1S/C16H21ClN2O2/c1-6-7-18-14(20)16(4,5)15(21)19-13-11(3)8-10(2)9-12(13)17/h6,8-9H,1,7H2,2-5H3,(H,18,20)(H,19,21). The van der Waals surface area contributed by atoms with E-state index < -0.39 is 11.3 Å². The fraction of sp³-hybridized carbons (Fsp3) is 0.375. The van der Waals surface area contributed by atoms with Gasteiger partial charge in [-0.15, -0.1) is 6.58 Å². The Kier molecular flexibility index (Phi) is 5.55. The summed E-state index contributed by atoms with van der Waals surface area (Å²) < 4.78 is 0. The van der Waals surface area contributed by atoms with Crippen molar-refractivity contribution in [1.82, 2.24) is 5.32 Å². The summed E-state index contributed by atoms with van der Waals surface area (Å²) in [6, 6.07) is 3.70. The van der Waals surface area contributed by atoms with Crippen LogP contribution in [-0.4, -0.2) is 18.4 Å². The Balaban J connectivity index is 2.95. The number of halogens is 1. The van der Waals surface area contributed by atoms with Crippen molar-refractivity contribution >= 4 is 29.1 Å². The lowest BCUT2D eigenvalue weighted by atomic mass is 9.90. The second kappa shape index (κ2) is 6.76. The fourth-order valence-corrected chi connectivity index (χ4v) is 2.20. The minimum absolute atomic E-state index is 0.319. The van der Waals surface area contributed by atoms with E-state index in [0.29, 0.717) is 17.3 Å². The highest BCUT2D eigenvalue weighted by atomic mass is 35.5. The molecule has 0 aliphatic heterocycles. The van der Waals surface area contributed by atoms with Crippen LogP contribution in [0.2, 0.25) is 5.02 Å². The SMILES string of the molecule is C=CCNC(=O)C(C)(C)C(=O)Nc1c(C)cc(C)cc1Cl. The number of rotatable bonds is 5. The second-order valence-electron chi connectivity index (χ2n) is 5.52. The molecule has 0 heterocycles. The van der Waals surface area contributed by atoms with Gasteiger partial charge in [-0.3, -0.25) is 9.59 Å². The highest BCUT2D eigenvalue weighted by molar-refractivity contribution is 6.34. The average molecular weight is 309 g/mol. The monoisotopic (exact) mass is 308 g/mol. The van der Waals surface area contributed by atoms with Gasteiger partial charge in [-0.25, -0.2) is 0 Å². The van der Waals surface area contributed by atoms with Crippen molar-refractivity contribution in [3.05, 3.63) is 40.9 Å². The van der Waals surface area contributed by atoms with E-state index in [4.69, 9.17) is 11.6 Å². The Morgan fingerprint density at radius 1 is 1.29 bits per heavy atom. The Hall–Kier alpha value is -1.81. The summed E-state index contributed by atoms with van der Waals surface area (Å²) in [6.45, 7) is 10.8. The molecule has 1 rings (SSSR count). The molecule has 0 radical (unpaired) electrons. The summed E-state index contributed by atoms with van der Waals surface area (Å²) in [6.07, 6.45) is 1.56. The van der Waals surface area contributed by atoms with Crippen LogP contribution < -0.4 is 10.6 Å². The van der Waals surface area contributed by atoms with Crippen LogP contribution in [0.4, 0.5) is 5.69 Å². The summed E-state index contributed by atoms with van der Waals surface area (Å²) in [5, 5.41) is 5.83. The zero-order valence-electron chi connectivity index (χ0n) is 12.8. The second-order valence-corrected chi connectivity index (χ2v) is 5.92. The minimum Gasteiger partial charge on any atom is -0.352 e. The molecule has 2 amide bonds. The van der Waals surface area contributed by atoms with Crippen molar-refractivity contribution in [2.24, 2.45) is 5.41 Å². The third-order valence-corrected chi connectivity index (χ3v) is 3.51. The lowest BCUT2D eigenvalue weighted by Gasteiger charge is -2.23. The van der Waals surface area contributed by atoms with Crippen molar-refractivity contribution in [2.45, 2.75) is 27.7 Å². The van der Waals surface area contributed by atoms with E-state index in [0.717, 1.165) is 11.1 Å². The molecule has 1 aromatic rings. The third-order valence-electron chi connectivity index (χ3n) is 3.21. The van der Waals surface area contributed by atoms with Gasteiger partial charge in [-0.2, -0.15) is 0 Å². The van der Waals surface area contributed by atoms with Crippen LogP contribution >= 0.6 is 11.6 Å². The highest BCUT2D eigenvalue weighted by Gasteiger charge is 2.36. The van der Waals surface area contributed by atoms with Gasteiger partial charge in [0.2, 0.25) is 11.8 Å². The van der Waals surface area contributed by atoms with E-state index in [1.165, 1.54) is 0 Å². The molecule has 0 aromatic heterocycles. The van der Waals surface area contributed by atoms with Crippen molar-refractivity contribution < 1.29 is 9.59 Å². The van der Waals surface area contributed by atoms with Gasteiger partial charge in [0.15, 0.2) is 0 Å². The summed E-state index contributed by atoms with van der Waals surface area (Å²) in [4.78, 5) is 24.4. The minimum atomic E-state index is -1.20. The molecule has 1 aromatic carbocycles. The molecule has 0 saturated heterocycles. The molecule has 21 heavy (non-hydrogen) atoms. The van der Waals surface area contributed by atoms with E-state index in [1.54, 1.807) is 26.0 Å². The van der Waals surface area contributed by atoms with Gasteiger partial charge < -0.3 is 10.6 Å². The maximum atomic E-state index is 12.4. The molecule has 0 atom stereocenters. The van der Waals surface area contributed by atoms with Crippen LogP contribution in [0.1, 0.15) is 25.0 Å². The largest absolute Gasteiger partial charge is 0.352 e. The van der Waals surface area contributed by atoms with Crippen LogP contribution in [0.25, 0.3) is 0 Å². The van der Waals surface area contributed by atoms with E-state index in [-0.39, 0.29) is 5.91 Å². The number of amides is 2. The van der Waals surface area contributed by atoms with Crippen molar-refractivity contribution in [3.8, 4) is 0 Å². The smallest absolute Gasteiger partial charge is 0.239 e. The Labute approximate surface area is 130 Å². The van der Waals surface area contributed by atoms with Gasteiger partial charge in [-0.05, 0) is 44.9 Å². The summed E-state index contributed by atoms with van der Waals surface area (Å²) >= 11 is 6.16. The Morgan fingerprint density at radius 3 is 2.43 bits per heavy atom. The zero-order valence-corrected chi connectivity index (χ0v) is 13.6. The number of nitrogens with one attached hydrogen (secondary N) is 2. The molecular formula is C16H21ClN2O2. The molecular weight excluding hydrogens is 288 g/mol. The predicted molar refractivity (Wildman–Crippen MR) is 86.5 cm³/mol. The lowest BCUT2D eigenvalue weighted by Crippen LogP contribution is -2.45. The average Bonchev–Trinajstić information content (AvgIpc) is 2.39. The van der Waals surface area contributed by atoms with E-state index in [9.17, 15) is 9.59 Å². The van der Waals surface area contributed by atoms with E-state index in [1.807, 2.05) is 19.9 Å². The van der Waals surface area contributed by atoms with Crippen LogP contribution in [0.15, 0.2) is 24.8 Å². The fourth-order valence-electron chi connectivity index (χ4n) is 1.83. The number of carbonyl (C=O) groups is 2. The molecule has 0 fully saturated rings. The molecule has 2 N–H and O–H groups in total. The highest BCUT2D eigenvalue weighted by Crippen LogP contribution is 2.29. The van der Waals surface area contributed by atoms with E-state index >= 15 is 0 Å². The van der Waals surface area contributed by atoms with Crippen molar-refractivity contribution in [1.29, 1.82) is 0 Å². The van der Waals surface area contributed by atoms with Crippen molar-refractivity contribution in [3.63, 3.8) is 0 Å². The van der Waals surface area contributed by atoms with Crippen molar-refractivity contribution in [2.75, 3.05) is 11.9 Å². The first kappa shape index (κ1) is 17.2. The number of benzene rings is 1. The van der Waals surface area contributed by atoms with Gasteiger partial charge >= 0.3 is 0 Å². The lowest BCUT2D eigenvalue weighted by molar-refractivity contribution is -0.138. The summed E-state index contributed by atoms with van der Waals surface area (Å²) in [5.74, 6) is -0.765.